The number of aromatic nitrogens is 2. The van der Waals surface area contributed by atoms with Gasteiger partial charge in [-0.15, -0.1) is 10.2 Å². The van der Waals surface area contributed by atoms with Crippen molar-refractivity contribution in [2.24, 2.45) is 0 Å². The second-order valence-electron chi connectivity index (χ2n) is 6.08. The fraction of sp³-hybridized carbons (Fsp3) is 0.222. The first-order valence-corrected chi connectivity index (χ1v) is 9.37. The highest BCUT2D eigenvalue weighted by atomic mass is 32.2. The van der Waals surface area contributed by atoms with Gasteiger partial charge >= 0.3 is 0 Å². The van der Waals surface area contributed by atoms with E-state index in [1.54, 1.807) is 26.0 Å². The van der Waals surface area contributed by atoms with E-state index < -0.39 is 10.0 Å². The predicted molar refractivity (Wildman–Crippen MR) is 95.4 cm³/mol. The molecule has 0 saturated carbocycles. The van der Waals surface area contributed by atoms with Gasteiger partial charge in [-0.25, -0.2) is 13.1 Å². The molecule has 0 bridgehead atoms. The van der Waals surface area contributed by atoms with Gasteiger partial charge in [0.05, 0.1) is 4.90 Å². The zero-order valence-electron chi connectivity index (χ0n) is 14.2. The number of sulfonamides is 1. The SMILES string of the molecule is Cc1ccc(-c2nnc(-c3cccc(S(=O)(=O)NC(C)C)c3)o2)cc1. The molecule has 6 nitrogen and oxygen atoms in total. The second-order valence-corrected chi connectivity index (χ2v) is 7.80. The van der Waals surface area contributed by atoms with Crippen molar-refractivity contribution in [3.63, 3.8) is 0 Å². The highest BCUT2D eigenvalue weighted by Crippen LogP contribution is 2.25. The lowest BCUT2D eigenvalue weighted by atomic mass is 10.1. The van der Waals surface area contributed by atoms with Crippen molar-refractivity contribution in [2.75, 3.05) is 0 Å². The van der Waals surface area contributed by atoms with Gasteiger partial charge in [-0.2, -0.15) is 0 Å². The zero-order valence-corrected chi connectivity index (χ0v) is 15.0. The van der Waals surface area contributed by atoms with Gasteiger partial charge in [-0.1, -0.05) is 23.8 Å². The first-order chi connectivity index (χ1) is 11.8. The average molecular weight is 357 g/mol. The van der Waals surface area contributed by atoms with Crippen molar-refractivity contribution in [3.05, 3.63) is 54.1 Å². The van der Waals surface area contributed by atoms with E-state index in [1.807, 2.05) is 31.2 Å². The van der Waals surface area contributed by atoms with Crippen LogP contribution >= 0.6 is 0 Å². The van der Waals surface area contributed by atoms with Crippen molar-refractivity contribution >= 4 is 10.0 Å². The van der Waals surface area contributed by atoms with Gasteiger partial charge in [-0.3, -0.25) is 0 Å². The van der Waals surface area contributed by atoms with E-state index in [9.17, 15) is 8.42 Å². The van der Waals surface area contributed by atoms with Crippen LogP contribution in [0.3, 0.4) is 0 Å². The van der Waals surface area contributed by atoms with Gasteiger partial charge in [0.1, 0.15) is 0 Å². The molecule has 1 N–H and O–H groups in total. The molecule has 0 fully saturated rings. The third-order valence-corrected chi connectivity index (χ3v) is 5.16. The average Bonchev–Trinajstić information content (AvgIpc) is 3.04. The molecule has 7 heteroatoms. The largest absolute Gasteiger partial charge is 0.416 e. The molecule has 1 aromatic heterocycles. The zero-order chi connectivity index (χ0) is 18.0. The molecule has 2 aromatic carbocycles. The monoisotopic (exact) mass is 357 g/mol. The van der Waals surface area contributed by atoms with Crippen LogP contribution in [-0.4, -0.2) is 24.7 Å². The molecule has 3 aromatic rings. The van der Waals surface area contributed by atoms with E-state index in [0.29, 0.717) is 11.5 Å². The summed E-state index contributed by atoms with van der Waals surface area (Å²) >= 11 is 0. The number of rotatable bonds is 5. The van der Waals surface area contributed by atoms with Gasteiger partial charge in [0, 0.05) is 17.2 Å². The van der Waals surface area contributed by atoms with Gasteiger partial charge in [0.2, 0.25) is 21.8 Å². The Bertz CT molecular complexity index is 977. The molecule has 0 aliphatic carbocycles. The Labute approximate surface area is 147 Å². The molecule has 0 aliphatic heterocycles. The highest BCUT2D eigenvalue weighted by Gasteiger charge is 2.17. The van der Waals surface area contributed by atoms with Crippen molar-refractivity contribution in [1.29, 1.82) is 0 Å². The lowest BCUT2D eigenvalue weighted by Gasteiger charge is -2.09. The molecule has 0 aliphatic rings. The van der Waals surface area contributed by atoms with Crippen LogP contribution in [0.1, 0.15) is 19.4 Å². The molecule has 3 rings (SSSR count). The summed E-state index contributed by atoms with van der Waals surface area (Å²) in [5.74, 6) is 0.667. The minimum atomic E-state index is -3.58. The summed E-state index contributed by atoms with van der Waals surface area (Å²) in [5.41, 5.74) is 2.51. The second kappa shape index (κ2) is 6.78. The van der Waals surface area contributed by atoms with Crippen LogP contribution in [0.15, 0.2) is 57.8 Å². The van der Waals surface area contributed by atoms with Crippen molar-refractivity contribution in [1.82, 2.24) is 14.9 Å². The first-order valence-electron chi connectivity index (χ1n) is 7.88. The third-order valence-electron chi connectivity index (χ3n) is 3.51. The maximum absolute atomic E-state index is 12.3. The summed E-state index contributed by atoms with van der Waals surface area (Å²) in [6, 6.07) is 14.0. The number of aryl methyl sites for hydroxylation is 1. The number of hydrogen-bond acceptors (Lipinski definition) is 5. The number of nitrogens with one attached hydrogen (secondary N) is 1. The van der Waals surface area contributed by atoms with Crippen LogP contribution in [-0.2, 0) is 10.0 Å². The van der Waals surface area contributed by atoms with E-state index in [0.717, 1.165) is 11.1 Å². The summed E-state index contributed by atoms with van der Waals surface area (Å²) in [5, 5.41) is 8.09. The molecular weight excluding hydrogens is 338 g/mol. The predicted octanol–water partition coefficient (Wildman–Crippen LogP) is 3.40. The van der Waals surface area contributed by atoms with Crippen LogP contribution < -0.4 is 4.72 Å². The fourth-order valence-corrected chi connectivity index (χ4v) is 3.62. The lowest BCUT2D eigenvalue weighted by Crippen LogP contribution is -2.30. The minimum Gasteiger partial charge on any atom is -0.416 e. The summed E-state index contributed by atoms with van der Waals surface area (Å²) in [7, 11) is -3.58. The Kier molecular flexibility index (Phi) is 4.69. The maximum Gasteiger partial charge on any atom is 0.248 e. The smallest absolute Gasteiger partial charge is 0.248 e. The molecule has 1 heterocycles. The summed E-state index contributed by atoms with van der Waals surface area (Å²) in [6.07, 6.45) is 0. The van der Waals surface area contributed by atoms with E-state index >= 15 is 0 Å². The topological polar surface area (TPSA) is 85.1 Å². The Hall–Kier alpha value is -2.51. The summed E-state index contributed by atoms with van der Waals surface area (Å²) in [4.78, 5) is 0.161. The fourth-order valence-electron chi connectivity index (χ4n) is 2.33. The lowest BCUT2D eigenvalue weighted by molar-refractivity contribution is 0.569. The molecule has 0 atom stereocenters. The molecule has 0 spiro atoms. The number of hydrogen-bond donors (Lipinski definition) is 1. The van der Waals surface area contributed by atoms with E-state index in [4.69, 9.17) is 4.42 Å². The quantitative estimate of drug-likeness (QED) is 0.756. The molecule has 0 saturated heterocycles. The van der Waals surface area contributed by atoms with E-state index in [1.165, 1.54) is 12.1 Å². The Balaban J connectivity index is 1.93. The molecular formula is C18H19N3O3S. The Morgan fingerprint density at radius 2 is 1.60 bits per heavy atom. The normalized spacial score (nSPS) is 11.8. The Morgan fingerprint density at radius 1 is 0.960 bits per heavy atom. The highest BCUT2D eigenvalue weighted by molar-refractivity contribution is 7.89. The maximum atomic E-state index is 12.3. The van der Waals surface area contributed by atoms with Crippen LogP contribution in [0.5, 0.6) is 0 Å². The molecule has 0 amide bonds. The summed E-state index contributed by atoms with van der Waals surface area (Å²) in [6.45, 7) is 5.54. The van der Waals surface area contributed by atoms with E-state index in [2.05, 4.69) is 14.9 Å². The van der Waals surface area contributed by atoms with Crippen molar-refractivity contribution in [3.8, 4) is 22.9 Å². The number of benzene rings is 2. The molecule has 130 valence electrons. The molecule has 25 heavy (non-hydrogen) atoms. The van der Waals surface area contributed by atoms with Gasteiger partial charge < -0.3 is 4.42 Å². The van der Waals surface area contributed by atoms with Crippen LogP contribution in [0.2, 0.25) is 0 Å². The van der Waals surface area contributed by atoms with Gasteiger partial charge in [-0.05, 0) is 51.1 Å². The van der Waals surface area contributed by atoms with Crippen molar-refractivity contribution in [2.45, 2.75) is 31.7 Å². The number of nitrogens with zero attached hydrogens (tertiary/aromatic N) is 2. The van der Waals surface area contributed by atoms with Crippen LogP contribution in [0.4, 0.5) is 0 Å². The standard InChI is InChI=1S/C18H19N3O3S/c1-12(2)21-25(22,23)16-6-4-5-15(11-16)18-20-19-17(24-18)14-9-7-13(3)8-10-14/h4-12,21H,1-3H3. The van der Waals surface area contributed by atoms with Crippen LogP contribution in [0.25, 0.3) is 22.9 Å². The van der Waals surface area contributed by atoms with E-state index in [-0.39, 0.29) is 16.8 Å². The van der Waals surface area contributed by atoms with Crippen LogP contribution in [0, 0.1) is 6.92 Å². The Morgan fingerprint density at radius 3 is 2.24 bits per heavy atom. The molecule has 0 radical (unpaired) electrons. The minimum absolute atomic E-state index is 0.161. The van der Waals surface area contributed by atoms with Gasteiger partial charge in [0.25, 0.3) is 0 Å². The van der Waals surface area contributed by atoms with Gasteiger partial charge in [0.15, 0.2) is 0 Å². The summed E-state index contributed by atoms with van der Waals surface area (Å²) < 4.78 is 32.9. The molecule has 0 unspecified atom stereocenters. The third kappa shape index (κ3) is 3.94. The van der Waals surface area contributed by atoms with Crippen molar-refractivity contribution < 1.29 is 12.8 Å². The first kappa shape index (κ1) is 17.3.